The summed E-state index contributed by atoms with van der Waals surface area (Å²) in [6.45, 7) is 7.87. The van der Waals surface area contributed by atoms with Crippen LogP contribution in [-0.4, -0.2) is 44.3 Å². The van der Waals surface area contributed by atoms with E-state index in [0.29, 0.717) is 19.3 Å². The van der Waals surface area contributed by atoms with Crippen molar-refractivity contribution in [3.8, 4) is 0 Å². The minimum atomic E-state index is -2.11. The summed E-state index contributed by atoms with van der Waals surface area (Å²) in [6.07, 6.45) is 1.26. The van der Waals surface area contributed by atoms with Gasteiger partial charge in [-0.3, -0.25) is 19.2 Å². The maximum Gasteiger partial charge on any atom is 0.321 e. The number of carboxylic acids is 4. The van der Waals surface area contributed by atoms with E-state index in [1.807, 2.05) is 0 Å². The summed E-state index contributed by atoms with van der Waals surface area (Å²) in [5, 5.41) is 39.6. The predicted molar refractivity (Wildman–Crippen MR) is 99.7 cm³/mol. The van der Waals surface area contributed by atoms with Gasteiger partial charge in [-0.1, -0.05) is 47.5 Å². The standard InChI is InChI=1S/C20H32O8/c1-10(2)19(15(21)22,16(23)24)13-8-6-7-12(5)14(9-13)20(11(3)4,17(25)26)18(27)28/h10-14H,6-9H2,1-5H3,(H,21,22)(H,23,24)(H,25,26)(H,27,28). The van der Waals surface area contributed by atoms with Crippen LogP contribution in [0.1, 0.15) is 60.3 Å². The molecule has 0 radical (unpaired) electrons. The largest absolute Gasteiger partial charge is 0.480 e. The van der Waals surface area contributed by atoms with Gasteiger partial charge in [-0.05, 0) is 42.4 Å². The van der Waals surface area contributed by atoms with Crippen molar-refractivity contribution in [2.24, 2.45) is 40.4 Å². The van der Waals surface area contributed by atoms with Gasteiger partial charge in [0, 0.05) is 0 Å². The molecule has 160 valence electrons. The normalized spacial score (nSPS) is 24.0. The predicted octanol–water partition coefficient (Wildman–Crippen LogP) is 3.05. The van der Waals surface area contributed by atoms with Crippen molar-refractivity contribution in [1.82, 2.24) is 0 Å². The van der Waals surface area contributed by atoms with Crippen molar-refractivity contribution in [2.75, 3.05) is 0 Å². The fourth-order valence-electron chi connectivity index (χ4n) is 5.33. The van der Waals surface area contributed by atoms with Crippen molar-refractivity contribution in [3.63, 3.8) is 0 Å². The maximum atomic E-state index is 12.2. The Morgan fingerprint density at radius 2 is 1.14 bits per heavy atom. The SMILES string of the molecule is CC1CCCC(C(C(=O)O)(C(=O)O)C(C)C)CC1C(C(=O)O)(C(=O)O)C(C)C. The molecule has 3 unspecified atom stereocenters. The van der Waals surface area contributed by atoms with Crippen molar-refractivity contribution in [2.45, 2.75) is 60.3 Å². The molecule has 0 aromatic carbocycles. The molecular weight excluding hydrogens is 368 g/mol. The molecule has 0 amide bonds. The Bertz CT molecular complexity index is 608. The lowest BCUT2D eigenvalue weighted by Crippen LogP contribution is -2.54. The van der Waals surface area contributed by atoms with Gasteiger partial charge in [0.2, 0.25) is 0 Å². The first-order valence-corrected chi connectivity index (χ1v) is 9.72. The van der Waals surface area contributed by atoms with Crippen LogP contribution in [0.4, 0.5) is 0 Å². The smallest absolute Gasteiger partial charge is 0.321 e. The van der Waals surface area contributed by atoms with Crippen LogP contribution in [0.15, 0.2) is 0 Å². The van der Waals surface area contributed by atoms with Crippen LogP contribution >= 0.6 is 0 Å². The number of hydrogen-bond acceptors (Lipinski definition) is 4. The fraction of sp³-hybridized carbons (Fsp3) is 0.800. The van der Waals surface area contributed by atoms with Gasteiger partial charge in [-0.2, -0.15) is 0 Å². The molecule has 0 aromatic heterocycles. The van der Waals surface area contributed by atoms with Crippen LogP contribution in [0, 0.1) is 40.4 Å². The van der Waals surface area contributed by atoms with Gasteiger partial charge in [0.05, 0.1) is 0 Å². The van der Waals surface area contributed by atoms with E-state index in [1.54, 1.807) is 6.92 Å². The molecule has 1 aliphatic carbocycles. The number of rotatable bonds is 8. The van der Waals surface area contributed by atoms with Crippen LogP contribution < -0.4 is 0 Å². The molecule has 0 aliphatic heterocycles. The Morgan fingerprint density at radius 3 is 1.46 bits per heavy atom. The topological polar surface area (TPSA) is 149 Å². The van der Waals surface area contributed by atoms with E-state index < -0.39 is 58.4 Å². The summed E-state index contributed by atoms with van der Waals surface area (Å²) in [5.41, 5.74) is -4.20. The Balaban J connectivity index is 3.66. The van der Waals surface area contributed by atoms with Gasteiger partial charge in [0.15, 0.2) is 10.8 Å². The van der Waals surface area contributed by atoms with Crippen LogP contribution in [0.25, 0.3) is 0 Å². The minimum Gasteiger partial charge on any atom is -0.480 e. The number of carboxylic acid groups (broad SMARTS) is 4. The molecule has 1 saturated carbocycles. The van der Waals surface area contributed by atoms with Crippen molar-refractivity contribution < 1.29 is 39.6 Å². The van der Waals surface area contributed by atoms with Crippen molar-refractivity contribution in [3.05, 3.63) is 0 Å². The first-order valence-electron chi connectivity index (χ1n) is 9.72. The van der Waals surface area contributed by atoms with E-state index in [0.717, 1.165) is 0 Å². The van der Waals surface area contributed by atoms with Crippen molar-refractivity contribution >= 4 is 23.9 Å². The van der Waals surface area contributed by atoms with Gasteiger partial charge in [0.25, 0.3) is 0 Å². The molecule has 1 aliphatic rings. The quantitative estimate of drug-likeness (QED) is 0.359. The van der Waals surface area contributed by atoms with Gasteiger partial charge in [-0.15, -0.1) is 0 Å². The summed E-state index contributed by atoms with van der Waals surface area (Å²) >= 11 is 0. The van der Waals surface area contributed by atoms with Crippen molar-refractivity contribution in [1.29, 1.82) is 0 Å². The molecule has 0 saturated heterocycles. The van der Waals surface area contributed by atoms with E-state index in [1.165, 1.54) is 27.7 Å². The fourth-order valence-corrected chi connectivity index (χ4v) is 5.33. The number of hydrogen-bond donors (Lipinski definition) is 4. The third kappa shape index (κ3) is 3.49. The van der Waals surface area contributed by atoms with Crippen LogP contribution in [0.3, 0.4) is 0 Å². The molecule has 8 heteroatoms. The molecule has 0 spiro atoms. The van der Waals surface area contributed by atoms with Gasteiger partial charge < -0.3 is 20.4 Å². The van der Waals surface area contributed by atoms with Gasteiger partial charge in [0.1, 0.15) is 0 Å². The van der Waals surface area contributed by atoms with E-state index in [2.05, 4.69) is 0 Å². The molecule has 8 nitrogen and oxygen atoms in total. The lowest BCUT2D eigenvalue weighted by Gasteiger charge is -2.43. The number of carbonyl (C=O) groups is 4. The average molecular weight is 400 g/mol. The second kappa shape index (κ2) is 8.49. The Labute approximate surface area is 164 Å². The second-order valence-corrected chi connectivity index (χ2v) is 8.72. The average Bonchev–Trinajstić information content (AvgIpc) is 2.69. The highest BCUT2D eigenvalue weighted by molar-refractivity contribution is 6.00. The third-order valence-electron chi connectivity index (χ3n) is 6.90. The van der Waals surface area contributed by atoms with E-state index >= 15 is 0 Å². The number of aliphatic carboxylic acids is 4. The van der Waals surface area contributed by atoms with E-state index in [-0.39, 0.29) is 12.3 Å². The highest BCUT2D eigenvalue weighted by Crippen LogP contribution is 2.52. The lowest BCUT2D eigenvalue weighted by molar-refractivity contribution is -0.179. The lowest BCUT2D eigenvalue weighted by atomic mass is 9.57. The Kier molecular flexibility index (Phi) is 7.25. The molecule has 0 heterocycles. The summed E-state index contributed by atoms with van der Waals surface area (Å²) in [7, 11) is 0. The summed E-state index contributed by atoms with van der Waals surface area (Å²) < 4.78 is 0. The van der Waals surface area contributed by atoms with Gasteiger partial charge >= 0.3 is 23.9 Å². The molecular formula is C20H32O8. The van der Waals surface area contributed by atoms with Gasteiger partial charge in [-0.25, -0.2) is 0 Å². The summed E-state index contributed by atoms with van der Waals surface area (Å²) in [4.78, 5) is 48.7. The second-order valence-electron chi connectivity index (χ2n) is 8.72. The molecule has 1 fully saturated rings. The highest BCUT2D eigenvalue weighted by atomic mass is 16.4. The zero-order valence-electron chi connectivity index (χ0n) is 17.1. The summed E-state index contributed by atoms with van der Waals surface area (Å²) in [5.74, 6) is -9.40. The first kappa shape index (κ1) is 23.9. The zero-order valence-corrected chi connectivity index (χ0v) is 17.1. The molecule has 4 N–H and O–H groups in total. The maximum absolute atomic E-state index is 12.2. The monoisotopic (exact) mass is 400 g/mol. The molecule has 1 rings (SSSR count). The van der Waals surface area contributed by atoms with Crippen LogP contribution in [-0.2, 0) is 19.2 Å². The minimum absolute atomic E-state index is 0.0747. The third-order valence-corrected chi connectivity index (χ3v) is 6.90. The van der Waals surface area contributed by atoms with Crippen LogP contribution in [0.5, 0.6) is 0 Å². The highest BCUT2D eigenvalue weighted by Gasteiger charge is 2.61. The molecule has 28 heavy (non-hydrogen) atoms. The van der Waals surface area contributed by atoms with E-state index in [4.69, 9.17) is 0 Å². The Hall–Kier alpha value is -2.12. The summed E-state index contributed by atoms with van der Waals surface area (Å²) in [6, 6.07) is 0. The van der Waals surface area contributed by atoms with E-state index in [9.17, 15) is 39.6 Å². The molecule has 0 bridgehead atoms. The zero-order chi connectivity index (χ0) is 22.0. The first-order chi connectivity index (χ1) is 12.8. The van der Waals surface area contributed by atoms with Crippen LogP contribution in [0.2, 0.25) is 0 Å². The molecule has 0 aromatic rings. The Morgan fingerprint density at radius 1 is 0.750 bits per heavy atom. The molecule has 3 atom stereocenters.